The maximum Gasteiger partial charge on any atom is 0.253 e. The van der Waals surface area contributed by atoms with E-state index < -0.39 is 0 Å². The number of hydrogen-bond acceptors (Lipinski definition) is 3. The van der Waals surface area contributed by atoms with Crippen LogP contribution in [-0.4, -0.2) is 55.5 Å². The van der Waals surface area contributed by atoms with Gasteiger partial charge in [-0.2, -0.15) is 0 Å². The molecule has 1 aliphatic rings. The van der Waals surface area contributed by atoms with Crippen molar-refractivity contribution < 1.29 is 4.79 Å². The smallest absolute Gasteiger partial charge is 0.253 e. The Morgan fingerprint density at radius 1 is 1.37 bits per heavy atom. The number of benzene rings is 1. The van der Waals surface area contributed by atoms with Crippen molar-refractivity contribution in [3.05, 3.63) is 29.3 Å². The summed E-state index contributed by atoms with van der Waals surface area (Å²) >= 11 is 0. The number of likely N-dealkylation sites (N-methyl/N-ethyl adjacent to an activating group) is 1. The normalized spacial score (nSPS) is 20.4. The van der Waals surface area contributed by atoms with Gasteiger partial charge in [-0.1, -0.05) is 0 Å². The third-order valence-corrected chi connectivity index (χ3v) is 3.99. The van der Waals surface area contributed by atoms with Crippen LogP contribution in [0.3, 0.4) is 0 Å². The second kappa shape index (κ2) is 5.61. The molecule has 0 aliphatic carbocycles. The summed E-state index contributed by atoms with van der Waals surface area (Å²) in [6, 6.07) is 6.28. The fourth-order valence-electron chi connectivity index (χ4n) is 2.49. The van der Waals surface area contributed by atoms with Gasteiger partial charge in [-0.15, -0.1) is 0 Å². The van der Waals surface area contributed by atoms with Crippen LogP contribution in [0.5, 0.6) is 0 Å². The molecule has 0 aromatic heterocycles. The van der Waals surface area contributed by atoms with Crippen molar-refractivity contribution >= 4 is 11.6 Å². The summed E-state index contributed by atoms with van der Waals surface area (Å²) in [4.78, 5) is 16.7. The van der Waals surface area contributed by atoms with Gasteiger partial charge in [0.1, 0.15) is 0 Å². The van der Waals surface area contributed by atoms with Crippen molar-refractivity contribution in [1.82, 2.24) is 9.80 Å². The fourth-order valence-corrected chi connectivity index (χ4v) is 2.49. The maximum absolute atomic E-state index is 12.5. The minimum atomic E-state index is 0.144. The van der Waals surface area contributed by atoms with Gasteiger partial charge in [-0.3, -0.25) is 4.79 Å². The molecule has 1 amide bonds. The van der Waals surface area contributed by atoms with E-state index in [9.17, 15) is 4.79 Å². The summed E-state index contributed by atoms with van der Waals surface area (Å²) in [7, 11) is 4.00. The Hall–Kier alpha value is -1.55. The first-order valence-corrected chi connectivity index (χ1v) is 6.81. The lowest BCUT2D eigenvalue weighted by molar-refractivity contribution is 0.0572. The predicted octanol–water partition coefficient (Wildman–Crippen LogP) is 1.81. The zero-order valence-corrected chi connectivity index (χ0v) is 12.2. The van der Waals surface area contributed by atoms with Crippen LogP contribution in [0.1, 0.15) is 22.8 Å². The van der Waals surface area contributed by atoms with Gasteiger partial charge in [0.15, 0.2) is 0 Å². The standard InChI is InChI=1S/C15H23N3O/c1-11-9-13(5-6-14(11)16-3)15(19)18-8-7-17(4)12(2)10-18/h5-6,9,12,16H,7-8,10H2,1-4H3. The van der Waals surface area contributed by atoms with Gasteiger partial charge in [-0.25, -0.2) is 0 Å². The Bertz CT molecular complexity index is 472. The number of amides is 1. The molecule has 4 nitrogen and oxygen atoms in total. The van der Waals surface area contributed by atoms with Crippen molar-refractivity contribution in [3.8, 4) is 0 Å². The molecule has 1 saturated heterocycles. The second-order valence-corrected chi connectivity index (χ2v) is 5.36. The van der Waals surface area contributed by atoms with Crippen molar-refractivity contribution in [2.24, 2.45) is 0 Å². The Balaban J connectivity index is 2.13. The van der Waals surface area contributed by atoms with E-state index in [1.165, 1.54) is 0 Å². The van der Waals surface area contributed by atoms with Crippen LogP contribution < -0.4 is 5.32 Å². The topological polar surface area (TPSA) is 35.6 Å². The van der Waals surface area contributed by atoms with E-state index in [1.54, 1.807) is 0 Å². The Morgan fingerprint density at radius 2 is 2.11 bits per heavy atom. The Kier molecular flexibility index (Phi) is 4.10. The SMILES string of the molecule is CNc1ccc(C(=O)N2CCN(C)C(C)C2)cc1C. The zero-order chi connectivity index (χ0) is 14.0. The number of aryl methyl sites for hydroxylation is 1. The Morgan fingerprint density at radius 3 is 2.68 bits per heavy atom. The highest BCUT2D eigenvalue weighted by atomic mass is 16.2. The molecule has 104 valence electrons. The van der Waals surface area contributed by atoms with Crippen molar-refractivity contribution in [1.29, 1.82) is 0 Å². The number of carbonyl (C=O) groups is 1. The molecule has 1 aromatic carbocycles. The van der Waals surface area contributed by atoms with Gasteiger partial charge in [0.05, 0.1) is 0 Å². The van der Waals surface area contributed by atoms with Crippen molar-refractivity contribution in [2.45, 2.75) is 19.9 Å². The van der Waals surface area contributed by atoms with E-state index in [1.807, 2.05) is 37.1 Å². The molecule has 2 rings (SSSR count). The molecule has 1 aliphatic heterocycles. The monoisotopic (exact) mass is 261 g/mol. The molecule has 1 aromatic rings. The number of nitrogens with one attached hydrogen (secondary N) is 1. The van der Waals surface area contributed by atoms with Gasteiger partial charge in [0.2, 0.25) is 0 Å². The van der Waals surface area contributed by atoms with Gasteiger partial charge in [0.25, 0.3) is 5.91 Å². The zero-order valence-electron chi connectivity index (χ0n) is 12.2. The predicted molar refractivity (Wildman–Crippen MR) is 78.7 cm³/mol. The number of piperazine rings is 1. The summed E-state index contributed by atoms with van der Waals surface area (Å²) in [6.07, 6.45) is 0. The van der Waals surface area contributed by atoms with Crippen molar-refractivity contribution in [2.75, 3.05) is 39.0 Å². The minimum absolute atomic E-state index is 0.144. The van der Waals surface area contributed by atoms with E-state index in [0.717, 1.165) is 36.4 Å². The summed E-state index contributed by atoms with van der Waals surface area (Å²) in [6.45, 7) is 6.75. The van der Waals surface area contributed by atoms with Crippen LogP contribution in [0.15, 0.2) is 18.2 Å². The highest BCUT2D eigenvalue weighted by Crippen LogP contribution is 2.18. The fraction of sp³-hybridized carbons (Fsp3) is 0.533. The van der Waals surface area contributed by atoms with Gasteiger partial charge >= 0.3 is 0 Å². The number of carbonyl (C=O) groups excluding carboxylic acids is 1. The van der Waals surface area contributed by atoms with Crippen LogP contribution in [0.4, 0.5) is 5.69 Å². The lowest BCUT2D eigenvalue weighted by atomic mass is 10.1. The molecule has 1 atom stereocenters. The Labute approximate surface area is 115 Å². The molecule has 0 spiro atoms. The quantitative estimate of drug-likeness (QED) is 0.882. The van der Waals surface area contributed by atoms with Gasteiger partial charge in [-0.05, 0) is 44.7 Å². The average molecular weight is 261 g/mol. The van der Waals surface area contributed by atoms with Crippen molar-refractivity contribution in [3.63, 3.8) is 0 Å². The maximum atomic E-state index is 12.5. The largest absolute Gasteiger partial charge is 0.388 e. The summed E-state index contributed by atoms with van der Waals surface area (Å²) in [5, 5.41) is 3.12. The summed E-state index contributed by atoms with van der Waals surface area (Å²) in [5.41, 5.74) is 2.96. The molecular weight excluding hydrogens is 238 g/mol. The van der Waals surface area contributed by atoms with Crippen LogP contribution >= 0.6 is 0 Å². The first kappa shape index (κ1) is 13.9. The molecule has 0 saturated carbocycles. The molecule has 0 bridgehead atoms. The third-order valence-electron chi connectivity index (χ3n) is 3.99. The molecule has 0 radical (unpaired) electrons. The third kappa shape index (κ3) is 2.89. The van der Waals surface area contributed by atoms with E-state index in [-0.39, 0.29) is 5.91 Å². The minimum Gasteiger partial charge on any atom is -0.388 e. The molecule has 1 heterocycles. The number of anilines is 1. The van der Waals surface area contributed by atoms with E-state index in [4.69, 9.17) is 0 Å². The highest BCUT2D eigenvalue weighted by Gasteiger charge is 2.25. The second-order valence-electron chi connectivity index (χ2n) is 5.36. The van der Waals surface area contributed by atoms with E-state index in [0.29, 0.717) is 6.04 Å². The number of hydrogen-bond donors (Lipinski definition) is 1. The lowest BCUT2D eigenvalue weighted by Crippen LogP contribution is -2.52. The van der Waals surface area contributed by atoms with Gasteiger partial charge < -0.3 is 15.1 Å². The highest BCUT2D eigenvalue weighted by molar-refractivity contribution is 5.95. The number of rotatable bonds is 2. The van der Waals surface area contributed by atoms with E-state index in [2.05, 4.69) is 24.2 Å². The van der Waals surface area contributed by atoms with Gasteiger partial charge in [0, 0.05) is 44.0 Å². The summed E-state index contributed by atoms with van der Waals surface area (Å²) < 4.78 is 0. The van der Waals surface area contributed by atoms with Crippen LogP contribution in [0, 0.1) is 6.92 Å². The van der Waals surface area contributed by atoms with Crippen LogP contribution in [0.25, 0.3) is 0 Å². The molecule has 1 fully saturated rings. The first-order valence-electron chi connectivity index (χ1n) is 6.81. The molecule has 1 unspecified atom stereocenters. The average Bonchev–Trinajstić information content (AvgIpc) is 2.41. The van der Waals surface area contributed by atoms with E-state index >= 15 is 0 Å². The van der Waals surface area contributed by atoms with Crippen LogP contribution in [-0.2, 0) is 0 Å². The molecule has 4 heteroatoms. The molecule has 19 heavy (non-hydrogen) atoms. The summed E-state index contributed by atoms with van der Waals surface area (Å²) in [5.74, 6) is 0.144. The lowest BCUT2D eigenvalue weighted by Gasteiger charge is -2.37. The molecule has 1 N–H and O–H groups in total. The number of nitrogens with zero attached hydrogens (tertiary/aromatic N) is 2. The molecular formula is C15H23N3O. The first-order chi connectivity index (χ1) is 9.02. The van der Waals surface area contributed by atoms with Crippen LogP contribution in [0.2, 0.25) is 0 Å².